The number of aryl methyl sites for hydroxylation is 1. The summed E-state index contributed by atoms with van der Waals surface area (Å²) in [5.74, 6) is -1.41. The Hall–Kier alpha value is -3.72. The minimum Gasteiger partial charge on any atom is -0.354 e. The molecule has 2 amide bonds. The average Bonchev–Trinajstić information content (AvgIpc) is 2.91. The number of anilines is 1. The number of hydrogen-bond donors (Lipinski definition) is 1. The van der Waals surface area contributed by atoms with Crippen LogP contribution in [0.4, 0.5) is 10.1 Å². The number of benzene rings is 3. The molecule has 1 N–H and O–H groups in total. The van der Waals surface area contributed by atoms with Gasteiger partial charge in [-0.2, -0.15) is 0 Å². The summed E-state index contributed by atoms with van der Waals surface area (Å²) in [5.41, 5.74) is 1.94. The Labute approximate surface area is 224 Å². The first-order chi connectivity index (χ1) is 18.1. The summed E-state index contributed by atoms with van der Waals surface area (Å²) in [5, 5.41) is 2.86. The highest BCUT2D eigenvalue weighted by atomic mass is 32.2. The van der Waals surface area contributed by atoms with Gasteiger partial charge in [-0.25, -0.2) is 12.8 Å². The van der Waals surface area contributed by atoms with E-state index in [9.17, 15) is 22.4 Å². The summed E-state index contributed by atoms with van der Waals surface area (Å²) in [7, 11) is -4.18. The molecule has 0 spiro atoms. The molecule has 38 heavy (non-hydrogen) atoms. The second-order valence-electron chi connectivity index (χ2n) is 9.13. The largest absolute Gasteiger partial charge is 0.354 e. The quantitative estimate of drug-likeness (QED) is 0.339. The van der Waals surface area contributed by atoms with Crippen molar-refractivity contribution in [2.45, 2.75) is 51.1 Å². The number of carbonyl (C=O) groups is 2. The number of amides is 2. The zero-order valence-corrected chi connectivity index (χ0v) is 22.7. The lowest BCUT2D eigenvalue weighted by Crippen LogP contribution is -2.51. The molecular weight excluding hydrogens is 505 g/mol. The van der Waals surface area contributed by atoms with Crippen LogP contribution in [0, 0.1) is 12.7 Å². The van der Waals surface area contributed by atoms with Gasteiger partial charge in [0.25, 0.3) is 10.0 Å². The molecule has 0 saturated carbocycles. The van der Waals surface area contributed by atoms with Gasteiger partial charge >= 0.3 is 0 Å². The number of nitrogens with zero attached hydrogens (tertiary/aromatic N) is 2. The summed E-state index contributed by atoms with van der Waals surface area (Å²) >= 11 is 0. The zero-order chi connectivity index (χ0) is 27.7. The number of carbonyl (C=O) groups excluding carboxylic acids is 2. The monoisotopic (exact) mass is 539 g/mol. The first-order valence-corrected chi connectivity index (χ1v) is 14.0. The van der Waals surface area contributed by atoms with Crippen LogP contribution in [-0.2, 0) is 26.2 Å². The topological polar surface area (TPSA) is 86.8 Å². The molecule has 0 aromatic heterocycles. The Morgan fingerprint density at radius 3 is 2.29 bits per heavy atom. The van der Waals surface area contributed by atoms with Crippen molar-refractivity contribution in [1.29, 1.82) is 0 Å². The summed E-state index contributed by atoms with van der Waals surface area (Å²) in [6.07, 6.45) is 1.71. The molecule has 9 heteroatoms. The number of sulfonamides is 1. The van der Waals surface area contributed by atoms with Crippen LogP contribution in [0.5, 0.6) is 0 Å². The van der Waals surface area contributed by atoms with Gasteiger partial charge in [-0.3, -0.25) is 13.9 Å². The van der Waals surface area contributed by atoms with E-state index in [4.69, 9.17) is 0 Å². The Morgan fingerprint density at radius 1 is 0.974 bits per heavy atom. The fourth-order valence-corrected chi connectivity index (χ4v) is 5.42. The van der Waals surface area contributed by atoms with E-state index in [1.54, 1.807) is 25.1 Å². The molecule has 7 nitrogen and oxygen atoms in total. The van der Waals surface area contributed by atoms with Crippen LogP contribution < -0.4 is 9.62 Å². The molecule has 3 rings (SSSR count). The van der Waals surface area contributed by atoms with Gasteiger partial charge in [-0.1, -0.05) is 61.4 Å². The summed E-state index contributed by atoms with van der Waals surface area (Å²) in [6, 6.07) is 19.4. The molecule has 202 valence electrons. The smallest absolute Gasteiger partial charge is 0.264 e. The van der Waals surface area contributed by atoms with Crippen molar-refractivity contribution >= 4 is 27.5 Å². The lowest BCUT2D eigenvalue weighted by molar-refractivity contribution is -0.139. The number of nitrogens with one attached hydrogen (secondary N) is 1. The minimum absolute atomic E-state index is 0.00674. The van der Waals surface area contributed by atoms with Gasteiger partial charge in [-0.05, 0) is 62.2 Å². The lowest BCUT2D eigenvalue weighted by Gasteiger charge is -2.32. The van der Waals surface area contributed by atoms with Crippen LogP contribution in [0.3, 0.4) is 0 Å². The first-order valence-electron chi connectivity index (χ1n) is 12.6. The second kappa shape index (κ2) is 13.2. The maximum atomic E-state index is 13.8. The Morgan fingerprint density at radius 2 is 1.66 bits per heavy atom. The third-order valence-electron chi connectivity index (χ3n) is 6.16. The molecule has 0 saturated heterocycles. The molecule has 0 heterocycles. The highest BCUT2D eigenvalue weighted by Gasteiger charge is 2.32. The van der Waals surface area contributed by atoms with Crippen molar-refractivity contribution in [2.75, 3.05) is 17.4 Å². The number of hydrogen-bond acceptors (Lipinski definition) is 4. The molecule has 3 aromatic rings. The standard InChI is InChI=1S/C29H34FN3O4S/c1-4-5-18-31-29(35)23(3)32(20-24-11-9-10-22(2)19-24)28(34)21-33(26-16-14-25(30)15-17-26)38(36,37)27-12-7-6-8-13-27/h6-17,19,23H,4-5,18,20-21H2,1-3H3,(H,31,35). The van der Waals surface area contributed by atoms with E-state index >= 15 is 0 Å². The van der Waals surface area contributed by atoms with Gasteiger partial charge in [0.15, 0.2) is 0 Å². The van der Waals surface area contributed by atoms with Crippen molar-refractivity contribution in [3.05, 3.63) is 95.8 Å². The third kappa shape index (κ3) is 7.41. The fraction of sp³-hybridized carbons (Fsp3) is 0.310. The van der Waals surface area contributed by atoms with Crippen molar-refractivity contribution in [3.8, 4) is 0 Å². The number of unbranched alkanes of at least 4 members (excludes halogenated alkanes) is 1. The molecule has 0 fully saturated rings. The highest BCUT2D eigenvalue weighted by Crippen LogP contribution is 2.25. The average molecular weight is 540 g/mol. The van der Waals surface area contributed by atoms with E-state index < -0.39 is 34.3 Å². The van der Waals surface area contributed by atoms with Gasteiger partial charge in [-0.15, -0.1) is 0 Å². The Balaban J connectivity index is 1.98. The SMILES string of the molecule is CCCCNC(=O)C(C)N(Cc1cccc(C)c1)C(=O)CN(c1ccc(F)cc1)S(=O)(=O)c1ccccc1. The molecule has 0 aliphatic heterocycles. The van der Waals surface area contributed by atoms with Gasteiger partial charge in [0.05, 0.1) is 10.6 Å². The Bertz CT molecular complexity index is 1330. The van der Waals surface area contributed by atoms with E-state index in [1.807, 2.05) is 38.1 Å². The van der Waals surface area contributed by atoms with E-state index in [0.717, 1.165) is 40.4 Å². The molecule has 1 atom stereocenters. The predicted molar refractivity (Wildman–Crippen MR) is 146 cm³/mol. The zero-order valence-electron chi connectivity index (χ0n) is 21.9. The fourth-order valence-electron chi connectivity index (χ4n) is 3.98. The highest BCUT2D eigenvalue weighted by molar-refractivity contribution is 7.92. The first kappa shape index (κ1) is 28.8. The Kier molecular flexibility index (Phi) is 10.0. The summed E-state index contributed by atoms with van der Waals surface area (Å²) < 4.78 is 41.9. The maximum Gasteiger partial charge on any atom is 0.264 e. The maximum absolute atomic E-state index is 13.8. The molecule has 0 radical (unpaired) electrons. The molecule has 1 unspecified atom stereocenters. The molecule has 0 aliphatic rings. The van der Waals surface area contributed by atoms with Crippen LogP contribution in [0.25, 0.3) is 0 Å². The van der Waals surface area contributed by atoms with Gasteiger partial charge in [0.2, 0.25) is 11.8 Å². The minimum atomic E-state index is -4.18. The lowest BCUT2D eigenvalue weighted by atomic mass is 10.1. The van der Waals surface area contributed by atoms with Crippen LogP contribution in [0.15, 0.2) is 83.8 Å². The van der Waals surface area contributed by atoms with Gasteiger partial charge in [0, 0.05) is 13.1 Å². The van der Waals surface area contributed by atoms with Crippen molar-refractivity contribution in [1.82, 2.24) is 10.2 Å². The van der Waals surface area contributed by atoms with Crippen molar-refractivity contribution in [2.24, 2.45) is 0 Å². The third-order valence-corrected chi connectivity index (χ3v) is 7.95. The van der Waals surface area contributed by atoms with Crippen molar-refractivity contribution < 1.29 is 22.4 Å². The molecular formula is C29H34FN3O4S. The van der Waals surface area contributed by atoms with Crippen LogP contribution >= 0.6 is 0 Å². The normalized spacial score (nSPS) is 12.0. The van der Waals surface area contributed by atoms with Crippen LogP contribution in [0.1, 0.15) is 37.8 Å². The number of rotatable bonds is 12. The van der Waals surface area contributed by atoms with E-state index in [0.29, 0.717) is 6.54 Å². The van der Waals surface area contributed by atoms with Crippen LogP contribution in [0.2, 0.25) is 0 Å². The summed E-state index contributed by atoms with van der Waals surface area (Å²) in [4.78, 5) is 28.1. The van der Waals surface area contributed by atoms with E-state index in [-0.39, 0.29) is 23.0 Å². The second-order valence-corrected chi connectivity index (χ2v) is 11.0. The number of halogens is 1. The molecule has 3 aromatic carbocycles. The van der Waals surface area contributed by atoms with Crippen molar-refractivity contribution in [3.63, 3.8) is 0 Å². The van der Waals surface area contributed by atoms with Gasteiger partial charge in [0.1, 0.15) is 18.4 Å². The summed E-state index contributed by atoms with van der Waals surface area (Å²) in [6.45, 7) is 5.60. The van der Waals surface area contributed by atoms with E-state index in [1.165, 1.54) is 29.2 Å². The molecule has 0 bridgehead atoms. The van der Waals surface area contributed by atoms with E-state index in [2.05, 4.69) is 5.32 Å². The molecule has 0 aliphatic carbocycles. The van der Waals surface area contributed by atoms with Crippen LogP contribution in [-0.4, -0.2) is 44.3 Å². The predicted octanol–water partition coefficient (Wildman–Crippen LogP) is 4.66. The van der Waals surface area contributed by atoms with Gasteiger partial charge < -0.3 is 10.2 Å².